The Morgan fingerprint density at radius 3 is 2.85 bits per heavy atom. The van der Waals surface area contributed by atoms with Crippen molar-refractivity contribution in [1.29, 1.82) is 0 Å². The van der Waals surface area contributed by atoms with Crippen LogP contribution in [-0.2, 0) is 4.79 Å². The van der Waals surface area contributed by atoms with E-state index in [1.165, 1.54) is 12.8 Å². The highest BCUT2D eigenvalue weighted by atomic mass is 16.6. The minimum Gasteiger partial charge on any atom is -0.473 e. The van der Waals surface area contributed by atoms with Gasteiger partial charge in [-0.2, -0.15) is 0 Å². The number of carbonyl (C=O) groups excluding carboxylic acids is 1. The summed E-state index contributed by atoms with van der Waals surface area (Å²) >= 11 is 0. The number of amides is 1. The summed E-state index contributed by atoms with van der Waals surface area (Å²) in [4.78, 5) is 11.9. The van der Waals surface area contributed by atoms with Crippen molar-refractivity contribution in [2.24, 2.45) is 0 Å². The van der Waals surface area contributed by atoms with Crippen LogP contribution in [0.5, 0.6) is 5.88 Å². The highest BCUT2D eigenvalue weighted by Gasteiger charge is 2.20. The van der Waals surface area contributed by atoms with Crippen LogP contribution < -0.4 is 15.4 Å². The molecule has 0 saturated heterocycles. The Bertz CT molecular complexity index is 429. The Hall–Kier alpha value is -1.63. The van der Waals surface area contributed by atoms with Crippen LogP contribution in [0.15, 0.2) is 4.63 Å². The van der Waals surface area contributed by atoms with Crippen molar-refractivity contribution in [1.82, 2.24) is 20.9 Å². The molecule has 1 amide bonds. The van der Waals surface area contributed by atoms with Gasteiger partial charge in [-0.3, -0.25) is 4.79 Å². The van der Waals surface area contributed by atoms with E-state index >= 15 is 0 Å². The number of hydrogen-bond donors (Lipinski definition) is 2. The molecule has 0 aliphatic heterocycles. The number of ether oxygens (including phenoxy) is 1. The maximum absolute atomic E-state index is 11.9. The first-order valence-electron chi connectivity index (χ1n) is 7.12. The monoisotopic (exact) mass is 282 g/mol. The normalized spacial score (nSPS) is 17.1. The molecule has 1 aliphatic rings. The summed E-state index contributed by atoms with van der Waals surface area (Å²) in [5.74, 6) is 0.450. The standard InChI is InChI=1S/C13H22N4O3/c1-9(12(18)15-11-5-3-4-6-11)14-7-8-19-13-10(2)16-20-17-13/h9,11,14H,3-8H2,1-2H3,(H,15,18)/t9-/m0/s1. The maximum Gasteiger partial charge on any atom is 0.278 e. The molecule has 1 atom stereocenters. The van der Waals surface area contributed by atoms with E-state index in [9.17, 15) is 4.79 Å². The first-order chi connectivity index (χ1) is 9.66. The quantitative estimate of drug-likeness (QED) is 0.719. The van der Waals surface area contributed by atoms with Gasteiger partial charge in [-0.25, -0.2) is 4.63 Å². The predicted molar refractivity (Wildman–Crippen MR) is 72.4 cm³/mol. The van der Waals surface area contributed by atoms with E-state index in [4.69, 9.17) is 4.74 Å². The Morgan fingerprint density at radius 1 is 1.45 bits per heavy atom. The maximum atomic E-state index is 11.9. The van der Waals surface area contributed by atoms with Crippen LogP contribution in [0.4, 0.5) is 0 Å². The lowest BCUT2D eigenvalue weighted by Crippen LogP contribution is -2.46. The first kappa shape index (κ1) is 14.8. The van der Waals surface area contributed by atoms with Crippen molar-refractivity contribution in [2.45, 2.75) is 51.6 Å². The van der Waals surface area contributed by atoms with Gasteiger partial charge in [-0.1, -0.05) is 18.0 Å². The molecule has 0 spiro atoms. The van der Waals surface area contributed by atoms with Crippen molar-refractivity contribution in [3.05, 3.63) is 5.69 Å². The van der Waals surface area contributed by atoms with Gasteiger partial charge in [-0.15, -0.1) is 0 Å². The third kappa shape index (κ3) is 4.19. The lowest BCUT2D eigenvalue weighted by molar-refractivity contribution is -0.123. The van der Waals surface area contributed by atoms with Gasteiger partial charge in [0, 0.05) is 12.6 Å². The Balaban J connectivity index is 1.60. The second-order valence-electron chi connectivity index (χ2n) is 5.17. The third-order valence-corrected chi connectivity index (χ3v) is 3.50. The van der Waals surface area contributed by atoms with E-state index in [-0.39, 0.29) is 11.9 Å². The van der Waals surface area contributed by atoms with Gasteiger partial charge < -0.3 is 15.4 Å². The minimum absolute atomic E-state index is 0.0520. The Morgan fingerprint density at radius 2 is 2.20 bits per heavy atom. The molecule has 0 bridgehead atoms. The second kappa shape index (κ2) is 7.23. The SMILES string of the molecule is Cc1nonc1OCCN[C@@H](C)C(=O)NC1CCCC1. The number of nitrogens with one attached hydrogen (secondary N) is 2. The summed E-state index contributed by atoms with van der Waals surface area (Å²) in [5.41, 5.74) is 0.622. The van der Waals surface area contributed by atoms with Crippen molar-refractivity contribution in [2.75, 3.05) is 13.2 Å². The van der Waals surface area contributed by atoms with Crippen LogP contribution in [0, 0.1) is 6.92 Å². The fourth-order valence-electron chi connectivity index (χ4n) is 2.27. The summed E-state index contributed by atoms with van der Waals surface area (Å²) in [6.45, 7) is 4.59. The minimum atomic E-state index is -0.226. The molecule has 1 aromatic heterocycles. The van der Waals surface area contributed by atoms with Gasteiger partial charge in [0.15, 0.2) is 0 Å². The average Bonchev–Trinajstić information content (AvgIpc) is 3.06. The molecule has 20 heavy (non-hydrogen) atoms. The summed E-state index contributed by atoms with van der Waals surface area (Å²) in [5, 5.41) is 13.4. The average molecular weight is 282 g/mol. The van der Waals surface area contributed by atoms with Crippen molar-refractivity contribution in [3.8, 4) is 5.88 Å². The lowest BCUT2D eigenvalue weighted by Gasteiger charge is -2.17. The number of aromatic nitrogens is 2. The van der Waals surface area contributed by atoms with E-state index < -0.39 is 0 Å². The van der Waals surface area contributed by atoms with E-state index in [1.807, 2.05) is 6.92 Å². The molecule has 7 heteroatoms. The zero-order valence-electron chi connectivity index (χ0n) is 12.0. The largest absolute Gasteiger partial charge is 0.473 e. The van der Waals surface area contributed by atoms with Crippen LogP contribution in [0.1, 0.15) is 38.3 Å². The molecule has 0 unspecified atom stereocenters. The van der Waals surface area contributed by atoms with E-state index in [1.54, 1.807) is 6.92 Å². The van der Waals surface area contributed by atoms with Gasteiger partial charge in [-0.05, 0) is 31.8 Å². The summed E-state index contributed by atoms with van der Waals surface area (Å²) in [6, 6.07) is 0.127. The fraction of sp³-hybridized carbons (Fsp3) is 0.769. The van der Waals surface area contributed by atoms with E-state index in [0.29, 0.717) is 30.8 Å². The predicted octanol–water partition coefficient (Wildman–Crippen LogP) is 0.794. The van der Waals surface area contributed by atoms with Crippen LogP contribution >= 0.6 is 0 Å². The molecule has 7 nitrogen and oxygen atoms in total. The highest BCUT2D eigenvalue weighted by molar-refractivity contribution is 5.81. The number of nitrogens with zero attached hydrogens (tertiary/aromatic N) is 2. The van der Waals surface area contributed by atoms with Gasteiger partial charge in [0.1, 0.15) is 12.3 Å². The van der Waals surface area contributed by atoms with Crippen LogP contribution in [0.25, 0.3) is 0 Å². The molecular formula is C13H22N4O3. The molecule has 2 N–H and O–H groups in total. The summed E-state index contributed by atoms with van der Waals surface area (Å²) < 4.78 is 9.91. The van der Waals surface area contributed by atoms with Gasteiger partial charge >= 0.3 is 0 Å². The number of aryl methyl sites for hydroxylation is 1. The van der Waals surface area contributed by atoms with Crippen molar-refractivity contribution < 1.29 is 14.2 Å². The number of hydrogen-bond acceptors (Lipinski definition) is 6. The summed E-state index contributed by atoms with van der Waals surface area (Å²) in [7, 11) is 0. The molecule has 1 saturated carbocycles. The highest BCUT2D eigenvalue weighted by Crippen LogP contribution is 2.17. The second-order valence-corrected chi connectivity index (χ2v) is 5.17. The zero-order valence-corrected chi connectivity index (χ0v) is 12.0. The molecule has 1 aliphatic carbocycles. The molecule has 112 valence electrons. The van der Waals surface area contributed by atoms with Crippen LogP contribution in [0.3, 0.4) is 0 Å². The Kier molecular flexibility index (Phi) is 5.34. The van der Waals surface area contributed by atoms with Gasteiger partial charge in [0.25, 0.3) is 5.88 Å². The van der Waals surface area contributed by atoms with Crippen LogP contribution in [-0.4, -0.2) is 41.5 Å². The molecule has 2 rings (SSSR count). The number of carbonyl (C=O) groups is 1. The lowest BCUT2D eigenvalue weighted by atomic mass is 10.2. The molecular weight excluding hydrogens is 260 g/mol. The van der Waals surface area contributed by atoms with E-state index in [2.05, 4.69) is 25.6 Å². The van der Waals surface area contributed by atoms with Gasteiger partial charge in [0.05, 0.1) is 6.04 Å². The fourth-order valence-corrected chi connectivity index (χ4v) is 2.27. The third-order valence-electron chi connectivity index (χ3n) is 3.50. The molecule has 0 aromatic carbocycles. The smallest absolute Gasteiger partial charge is 0.278 e. The summed E-state index contributed by atoms with van der Waals surface area (Å²) in [6.07, 6.45) is 4.62. The molecule has 1 aromatic rings. The zero-order chi connectivity index (χ0) is 14.4. The topological polar surface area (TPSA) is 89.3 Å². The first-order valence-corrected chi connectivity index (χ1v) is 7.12. The Labute approximate surface area is 118 Å². The van der Waals surface area contributed by atoms with Crippen molar-refractivity contribution in [3.63, 3.8) is 0 Å². The van der Waals surface area contributed by atoms with Crippen molar-refractivity contribution >= 4 is 5.91 Å². The van der Waals surface area contributed by atoms with Gasteiger partial charge in [0.2, 0.25) is 5.91 Å². The molecule has 1 fully saturated rings. The number of rotatable bonds is 7. The molecule has 1 heterocycles. The van der Waals surface area contributed by atoms with E-state index in [0.717, 1.165) is 12.8 Å². The molecule has 0 radical (unpaired) electrons. The van der Waals surface area contributed by atoms with Crippen LogP contribution in [0.2, 0.25) is 0 Å².